The number of nitrogens with zero attached hydrogens (tertiary/aromatic N) is 1. The molecule has 0 radical (unpaired) electrons. The number of rotatable bonds is 4. The first-order valence-electron chi connectivity index (χ1n) is 10.5. The van der Waals surface area contributed by atoms with E-state index in [0.29, 0.717) is 11.6 Å². The van der Waals surface area contributed by atoms with Crippen molar-refractivity contribution < 1.29 is 9.90 Å². The van der Waals surface area contributed by atoms with Gasteiger partial charge in [-0.25, -0.2) is 4.79 Å². The first kappa shape index (κ1) is 17.0. The van der Waals surface area contributed by atoms with Crippen molar-refractivity contribution in [3.8, 4) is 0 Å². The highest BCUT2D eigenvalue weighted by Gasteiger charge is 2.74. The van der Waals surface area contributed by atoms with Crippen molar-refractivity contribution >= 4 is 22.9 Å². The van der Waals surface area contributed by atoms with Gasteiger partial charge in [0.15, 0.2) is 0 Å². The summed E-state index contributed by atoms with van der Waals surface area (Å²) in [5.74, 6) is -0.0344. The van der Waals surface area contributed by atoms with Crippen molar-refractivity contribution in [1.82, 2.24) is 9.88 Å². The largest absolute Gasteiger partial charge is 0.478 e. The van der Waals surface area contributed by atoms with Crippen LogP contribution in [0.1, 0.15) is 48.2 Å². The second-order valence-electron chi connectivity index (χ2n) is 8.97. The van der Waals surface area contributed by atoms with Crippen LogP contribution in [0.3, 0.4) is 0 Å². The molecule has 2 aromatic carbocycles. The molecule has 4 nitrogen and oxygen atoms in total. The summed E-state index contributed by atoms with van der Waals surface area (Å²) in [4.78, 5) is 17.3. The van der Waals surface area contributed by atoms with E-state index in [9.17, 15) is 4.79 Å². The van der Waals surface area contributed by atoms with Crippen molar-refractivity contribution in [2.75, 3.05) is 0 Å². The summed E-state index contributed by atoms with van der Waals surface area (Å²) in [5.41, 5.74) is 6.63. The van der Waals surface area contributed by atoms with Crippen molar-refractivity contribution in [2.45, 2.75) is 43.8 Å². The van der Waals surface area contributed by atoms with E-state index >= 15 is 0 Å². The second kappa shape index (κ2) is 5.83. The fourth-order valence-electron chi connectivity index (χ4n) is 5.54. The number of aliphatic carboxylic acids is 1. The van der Waals surface area contributed by atoms with Crippen molar-refractivity contribution in [3.63, 3.8) is 0 Å². The predicted octanol–water partition coefficient (Wildman–Crippen LogP) is 4.76. The number of benzene rings is 2. The Morgan fingerprint density at radius 3 is 2.59 bits per heavy atom. The Kier molecular flexibility index (Phi) is 3.43. The molecule has 2 N–H and O–H groups in total. The number of carbonyl (C=O) groups is 1. The molecule has 2 atom stereocenters. The van der Waals surface area contributed by atoms with Gasteiger partial charge in [-0.2, -0.15) is 0 Å². The number of hydrogen-bond acceptors (Lipinski definition) is 2. The number of para-hydroxylation sites is 1. The van der Waals surface area contributed by atoms with Crippen LogP contribution in [-0.2, 0) is 11.2 Å². The molecule has 146 valence electrons. The number of H-pyrrole nitrogens is 1. The summed E-state index contributed by atoms with van der Waals surface area (Å²) in [6.45, 7) is 2.38. The molecule has 0 saturated heterocycles. The number of nitrogens with one attached hydrogen (secondary N) is 1. The molecule has 3 aliphatic rings. The maximum absolute atomic E-state index is 10.8. The van der Waals surface area contributed by atoms with Crippen LogP contribution in [0.25, 0.3) is 17.0 Å². The lowest BCUT2D eigenvalue weighted by Gasteiger charge is -2.43. The average Bonchev–Trinajstić information content (AvgIpc) is 3.55. The second-order valence-corrected chi connectivity index (χ2v) is 8.97. The monoisotopic (exact) mass is 384 g/mol. The van der Waals surface area contributed by atoms with E-state index in [-0.39, 0.29) is 6.04 Å². The third-order valence-electron chi connectivity index (χ3n) is 7.20. The molecule has 0 spiro atoms. The van der Waals surface area contributed by atoms with E-state index in [4.69, 9.17) is 5.11 Å². The van der Waals surface area contributed by atoms with Crippen LogP contribution >= 0.6 is 0 Å². The lowest BCUT2D eigenvalue weighted by Crippen LogP contribution is -2.46. The minimum atomic E-state index is -0.920. The van der Waals surface area contributed by atoms with Crippen LogP contribution in [0.5, 0.6) is 0 Å². The van der Waals surface area contributed by atoms with Gasteiger partial charge in [0.05, 0.1) is 6.04 Å². The van der Waals surface area contributed by atoms with Crippen molar-refractivity contribution in [2.24, 2.45) is 5.92 Å². The Morgan fingerprint density at radius 1 is 1.17 bits per heavy atom. The van der Waals surface area contributed by atoms with Gasteiger partial charge in [-0.1, -0.05) is 42.5 Å². The Morgan fingerprint density at radius 2 is 1.90 bits per heavy atom. The van der Waals surface area contributed by atoms with Gasteiger partial charge in [0.1, 0.15) is 0 Å². The Bertz CT molecular complexity index is 1150. The van der Waals surface area contributed by atoms with E-state index in [1.54, 1.807) is 6.08 Å². The van der Waals surface area contributed by atoms with Crippen LogP contribution in [-0.4, -0.2) is 32.5 Å². The van der Waals surface area contributed by atoms with Gasteiger partial charge in [0.25, 0.3) is 0 Å². The molecule has 0 bridgehead atoms. The summed E-state index contributed by atoms with van der Waals surface area (Å²) in [6, 6.07) is 17.8. The number of aromatic amines is 1. The zero-order valence-corrected chi connectivity index (χ0v) is 16.4. The highest BCUT2D eigenvalue weighted by Crippen LogP contribution is 2.73. The lowest BCUT2D eigenvalue weighted by molar-refractivity contribution is -0.131. The Labute approximate surface area is 169 Å². The molecule has 2 unspecified atom stereocenters. The molecule has 2 fully saturated rings. The van der Waals surface area contributed by atoms with E-state index in [0.717, 1.165) is 17.9 Å². The number of aromatic nitrogens is 1. The molecule has 1 aliphatic heterocycles. The van der Waals surface area contributed by atoms with Gasteiger partial charge >= 0.3 is 5.97 Å². The minimum Gasteiger partial charge on any atom is -0.478 e. The average molecular weight is 384 g/mol. The summed E-state index contributed by atoms with van der Waals surface area (Å²) in [5, 5.41) is 10.2. The van der Waals surface area contributed by atoms with Gasteiger partial charge in [-0.3, -0.25) is 4.90 Å². The number of carboxylic acids is 1. The van der Waals surface area contributed by atoms with Crippen LogP contribution in [0.4, 0.5) is 0 Å². The molecular formula is C25H24N2O2. The van der Waals surface area contributed by atoms with Crippen LogP contribution in [0, 0.1) is 5.92 Å². The minimum absolute atomic E-state index is 0.228. The number of hydrogen-bond donors (Lipinski definition) is 2. The molecule has 2 heterocycles. The van der Waals surface area contributed by atoms with E-state index in [2.05, 4.69) is 53.2 Å². The van der Waals surface area contributed by atoms with Crippen molar-refractivity contribution in [3.05, 3.63) is 77.0 Å². The molecule has 6 rings (SSSR count). The molecule has 2 aliphatic carbocycles. The highest BCUT2D eigenvalue weighted by atomic mass is 16.4. The smallest absolute Gasteiger partial charge is 0.328 e. The Balaban J connectivity index is 1.47. The topological polar surface area (TPSA) is 56.3 Å². The molecule has 0 amide bonds. The molecule has 1 aromatic heterocycles. The van der Waals surface area contributed by atoms with E-state index in [1.165, 1.54) is 46.6 Å². The molecule has 3 aromatic rings. The molecular weight excluding hydrogens is 360 g/mol. The Hall–Kier alpha value is -2.85. The van der Waals surface area contributed by atoms with Crippen molar-refractivity contribution in [1.29, 1.82) is 0 Å². The van der Waals surface area contributed by atoms with Gasteiger partial charge in [-0.05, 0) is 60.9 Å². The van der Waals surface area contributed by atoms with Gasteiger partial charge in [0, 0.05) is 34.3 Å². The quantitative estimate of drug-likeness (QED) is 0.638. The first-order valence-corrected chi connectivity index (χ1v) is 10.5. The molecule has 4 heteroatoms. The van der Waals surface area contributed by atoms with E-state index < -0.39 is 5.97 Å². The first-order chi connectivity index (χ1) is 14.1. The van der Waals surface area contributed by atoms with Gasteiger partial charge in [0.2, 0.25) is 0 Å². The third-order valence-corrected chi connectivity index (χ3v) is 7.20. The maximum Gasteiger partial charge on any atom is 0.328 e. The predicted molar refractivity (Wildman–Crippen MR) is 114 cm³/mol. The summed E-state index contributed by atoms with van der Waals surface area (Å²) >= 11 is 0. The van der Waals surface area contributed by atoms with Crippen LogP contribution < -0.4 is 0 Å². The summed E-state index contributed by atoms with van der Waals surface area (Å²) in [6.07, 6.45) is 6.60. The highest BCUT2D eigenvalue weighted by molar-refractivity contribution is 5.86. The molecule has 2 saturated carbocycles. The van der Waals surface area contributed by atoms with Gasteiger partial charge in [-0.15, -0.1) is 0 Å². The molecule has 29 heavy (non-hydrogen) atoms. The normalized spacial score (nSPS) is 30.3. The third kappa shape index (κ3) is 2.52. The number of carboxylic acid groups (broad SMARTS) is 1. The summed E-state index contributed by atoms with van der Waals surface area (Å²) in [7, 11) is 0. The fraction of sp³-hybridized carbons (Fsp3) is 0.320. The fourth-order valence-corrected chi connectivity index (χ4v) is 5.54. The lowest BCUT2D eigenvalue weighted by atomic mass is 9.87. The number of fused-ring (bicyclic) bond motifs is 4. The zero-order chi connectivity index (χ0) is 19.8. The standard InChI is InChI=1S/C25H24N2O2/c1-15-12-20-19-4-2-3-5-21(19)26-23(20)24(27(15)25-13-18(25)14-25)17-9-6-16(7-10-17)8-11-22(28)29/h2-11,15,18,24,26H,12-14H2,1H3,(H,28,29)/b11-8+. The summed E-state index contributed by atoms with van der Waals surface area (Å²) < 4.78 is 0. The van der Waals surface area contributed by atoms with Crippen LogP contribution in [0.2, 0.25) is 0 Å². The van der Waals surface area contributed by atoms with Crippen LogP contribution in [0.15, 0.2) is 54.6 Å². The van der Waals surface area contributed by atoms with Gasteiger partial charge < -0.3 is 10.1 Å². The zero-order valence-electron chi connectivity index (χ0n) is 16.4. The van der Waals surface area contributed by atoms with E-state index in [1.807, 2.05) is 12.1 Å². The maximum atomic E-state index is 10.8. The SMILES string of the molecule is CC1Cc2c([nH]c3ccccc23)C(c2ccc(/C=C/C(=O)O)cc2)N1C12CC1C2.